The lowest BCUT2D eigenvalue weighted by atomic mass is 9.89. The van der Waals surface area contributed by atoms with Crippen molar-refractivity contribution >= 4 is 17.7 Å². The number of nitrogens with zero attached hydrogens (tertiary/aromatic N) is 6. The van der Waals surface area contributed by atoms with E-state index in [1.807, 2.05) is 13.1 Å². The highest BCUT2D eigenvalue weighted by Crippen LogP contribution is 2.43. The minimum Gasteiger partial charge on any atom is -0.463 e. The van der Waals surface area contributed by atoms with Crippen molar-refractivity contribution < 1.29 is 46.8 Å². The molecule has 3 aliphatic rings. The molecule has 6 rings (SSSR count). The van der Waals surface area contributed by atoms with Crippen LogP contribution in [0.5, 0.6) is 0 Å². The Hall–Kier alpha value is -3.09. The molecule has 3 fully saturated rings. The van der Waals surface area contributed by atoms with E-state index in [4.69, 9.17) is 23.7 Å². The number of esters is 1. The van der Waals surface area contributed by atoms with Gasteiger partial charge in [-0.3, -0.25) is 4.79 Å². The first kappa shape index (κ1) is 33.8. The van der Waals surface area contributed by atoms with Crippen molar-refractivity contribution in [2.24, 2.45) is 5.92 Å². The van der Waals surface area contributed by atoms with Gasteiger partial charge in [-0.05, 0) is 25.0 Å². The van der Waals surface area contributed by atoms with Crippen molar-refractivity contribution in [2.45, 2.75) is 73.7 Å². The number of methoxy groups -OCH3 is 1. The second-order valence-corrected chi connectivity index (χ2v) is 13.4. The molecule has 17 heteroatoms. The molecule has 3 aliphatic heterocycles. The van der Waals surface area contributed by atoms with Gasteiger partial charge in [-0.1, -0.05) is 17.4 Å². The summed E-state index contributed by atoms with van der Waals surface area (Å²) >= 11 is 1.32. The monoisotopic (exact) mass is 682 g/mol. The molecule has 0 amide bonds. The third-order valence-corrected chi connectivity index (χ3v) is 10.4. The lowest BCUT2D eigenvalue weighted by Gasteiger charge is -2.46. The standard InChI is InChI=1S/C30H37F3N6O7S/c1-15-24(13-45-16(2)40)46-30(29(42-3)27(15)39-11-22(35-37-39)18-8-19(31)26(33)20(32)9-18)47-25-14-44-12-23(28(25)41)38-10-21(34-36-38)17-4-6-43-7-5-17/h8-11,15,17,23-25,27-30,41H,4-7,12-14H2,1-3H3. The minimum absolute atomic E-state index is 0.00493. The number of carbonyl (C=O) groups excluding carboxylic acids is 1. The zero-order valence-electron chi connectivity index (χ0n) is 26.1. The van der Waals surface area contributed by atoms with E-state index < -0.39 is 64.5 Å². The molecule has 0 saturated carbocycles. The van der Waals surface area contributed by atoms with E-state index >= 15 is 0 Å². The van der Waals surface area contributed by atoms with E-state index in [1.54, 1.807) is 4.68 Å². The second kappa shape index (κ2) is 14.6. The van der Waals surface area contributed by atoms with E-state index in [2.05, 4.69) is 20.6 Å². The predicted octanol–water partition coefficient (Wildman–Crippen LogP) is 3.06. The summed E-state index contributed by atoms with van der Waals surface area (Å²) in [5.74, 6) is -4.87. The van der Waals surface area contributed by atoms with Crippen LogP contribution in [0.25, 0.3) is 11.3 Å². The van der Waals surface area contributed by atoms with Gasteiger partial charge in [0.25, 0.3) is 0 Å². The predicted molar refractivity (Wildman–Crippen MR) is 160 cm³/mol. The molecule has 8 atom stereocenters. The number of benzene rings is 1. The van der Waals surface area contributed by atoms with Crippen molar-refractivity contribution in [1.82, 2.24) is 30.0 Å². The van der Waals surface area contributed by atoms with Gasteiger partial charge in [0, 0.05) is 50.8 Å². The van der Waals surface area contributed by atoms with Crippen LogP contribution in [0.4, 0.5) is 13.2 Å². The van der Waals surface area contributed by atoms with Crippen LogP contribution in [-0.4, -0.2) is 110 Å². The number of halogens is 3. The fraction of sp³-hybridized carbons (Fsp3) is 0.633. The molecule has 2 aromatic heterocycles. The Labute approximate surface area is 273 Å². The van der Waals surface area contributed by atoms with Gasteiger partial charge in [0.1, 0.15) is 29.9 Å². The Morgan fingerprint density at radius 3 is 2.49 bits per heavy atom. The van der Waals surface area contributed by atoms with Crippen LogP contribution < -0.4 is 0 Å². The fourth-order valence-corrected chi connectivity index (χ4v) is 7.86. The molecule has 3 saturated heterocycles. The molecule has 3 aromatic rings. The van der Waals surface area contributed by atoms with Gasteiger partial charge in [-0.2, -0.15) is 0 Å². The number of hydrogen-bond acceptors (Lipinski definition) is 12. The second-order valence-electron chi connectivity index (χ2n) is 12.0. The molecular weight excluding hydrogens is 645 g/mol. The number of aliphatic hydroxyl groups is 1. The third kappa shape index (κ3) is 7.19. The van der Waals surface area contributed by atoms with Gasteiger partial charge in [0.05, 0.1) is 48.6 Å². The number of hydrogen-bond donors (Lipinski definition) is 1. The molecule has 0 aliphatic carbocycles. The van der Waals surface area contributed by atoms with Crippen molar-refractivity contribution in [3.05, 3.63) is 47.7 Å². The average Bonchev–Trinajstić information content (AvgIpc) is 3.75. The number of rotatable bonds is 9. The first-order valence-corrected chi connectivity index (χ1v) is 16.4. The van der Waals surface area contributed by atoms with Gasteiger partial charge < -0.3 is 28.8 Å². The largest absolute Gasteiger partial charge is 0.463 e. The normalized spacial score (nSPS) is 30.4. The maximum Gasteiger partial charge on any atom is 0.302 e. The molecule has 47 heavy (non-hydrogen) atoms. The van der Waals surface area contributed by atoms with Gasteiger partial charge in [-0.25, -0.2) is 22.5 Å². The highest BCUT2D eigenvalue weighted by Gasteiger charge is 2.49. The van der Waals surface area contributed by atoms with Gasteiger partial charge in [-0.15, -0.1) is 22.0 Å². The molecule has 5 heterocycles. The lowest BCUT2D eigenvalue weighted by Crippen LogP contribution is -2.54. The quantitative estimate of drug-likeness (QED) is 0.262. The molecule has 8 unspecified atom stereocenters. The first-order valence-electron chi connectivity index (χ1n) is 15.4. The first-order chi connectivity index (χ1) is 22.6. The molecular formula is C30H37F3N6O7S. The van der Waals surface area contributed by atoms with E-state index in [9.17, 15) is 23.1 Å². The van der Waals surface area contributed by atoms with Crippen LogP contribution in [0.3, 0.4) is 0 Å². The summed E-state index contributed by atoms with van der Waals surface area (Å²) in [5.41, 5.74) is 0.272. The molecule has 13 nitrogen and oxygen atoms in total. The molecule has 256 valence electrons. The summed E-state index contributed by atoms with van der Waals surface area (Å²) in [6.45, 7) is 4.93. The maximum absolute atomic E-state index is 14.0. The Balaban J connectivity index is 1.24. The Kier molecular flexibility index (Phi) is 10.5. The number of aliphatic hydroxyl groups excluding tert-OH is 1. The Morgan fingerprint density at radius 2 is 1.79 bits per heavy atom. The fourth-order valence-electron chi connectivity index (χ4n) is 6.36. The zero-order chi connectivity index (χ0) is 33.2. The molecule has 0 radical (unpaired) electrons. The Bertz CT molecular complexity index is 1520. The summed E-state index contributed by atoms with van der Waals surface area (Å²) in [4.78, 5) is 11.7. The number of carbonyl (C=O) groups is 1. The van der Waals surface area contributed by atoms with E-state index in [-0.39, 0.29) is 42.9 Å². The summed E-state index contributed by atoms with van der Waals surface area (Å²) in [5, 5.41) is 28.1. The summed E-state index contributed by atoms with van der Waals surface area (Å²) in [6, 6.07) is 0.642. The lowest BCUT2D eigenvalue weighted by molar-refractivity contribution is -0.172. The molecule has 0 spiro atoms. The van der Waals surface area contributed by atoms with Crippen molar-refractivity contribution in [3.8, 4) is 11.3 Å². The molecule has 0 bridgehead atoms. The van der Waals surface area contributed by atoms with Crippen LogP contribution in [0, 0.1) is 23.4 Å². The van der Waals surface area contributed by atoms with Crippen LogP contribution >= 0.6 is 11.8 Å². The average molecular weight is 683 g/mol. The maximum atomic E-state index is 14.0. The molecule has 1 aromatic carbocycles. The van der Waals surface area contributed by atoms with E-state index in [0.29, 0.717) is 13.2 Å². The highest BCUT2D eigenvalue weighted by molar-refractivity contribution is 8.00. The number of ether oxygens (including phenoxy) is 5. The highest BCUT2D eigenvalue weighted by atomic mass is 32.2. The number of thioether (sulfide) groups is 1. The smallest absolute Gasteiger partial charge is 0.302 e. The topological polar surface area (TPSA) is 145 Å². The zero-order valence-corrected chi connectivity index (χ0v) is 26.9. The summed E-state index contributed by atoms with van der Waals surface area (Å²) in [7, 11) is 1.51. The summed E-state index contributed by atoms with van der Waals surface area (Å²) in [6.07, 6.45) is 2.91. The third-order valence-electron chi connectivity index (χ3n) is 9.02. The van der Waals surface area contributed by atoms with Gasteiger partial charge >= 0.3 is 5.97 Å². The molecule has 1 N–H and O–H groups in total. The van der Waals surface area contributed by atoms with Gasteiger partial charge in [0.15, 0.2) is 17.5 Å². The number of aromatic nitrogens is 6. The Morgan fingerprint density at radius 1 is 1.06 bits per heavy atom. The summed E-state index contributed by atoms with van der Waals surface area (Å²) < 4.78 is 73.9. The SMILES string of the molecule is COC1C(SC2COCC(n3cc(C4CCOCC4)nn3)C2O)OC(COC(C)=O)C(C)C1n1cc(-c2cc(F)c(F)c(F)c2)nn1. The van der Waals surface area contributed by atoms with Crippen LogP contribution in [-0.2, 0) is 28.5 Å². The van der Waals surface area contributed by atoms with Crippen LogP contribution in [0.2, 0.25) is 0 Å². The van der Waals surface area contributed by atoms with E-state index in [1.165, 1.54) is 36.7 Å². The van der Waals surface area contributed by atoms with Crippen molar-refractivity contribution in [1.29, 1.82) is 0 Å². The minimum atomic E-state index is -1.58. The van der Waals surface area contributed by atoms with Crippen LogP contribution in [0.15, 0.2) is 24.5 Å². The van der Waals surface area contributed by atoms with Crippen LogP contribution in [0.1, 0.15) is 50.4 Å². The van der Waals surface area contributed by atoms with Gasteiger partial charge in [0.2, 0.25) is 0 Å². The van der Waals surface area contributed by atoms with E-state index in [0.717, 1.165) is 30.7 Å². The van der Waals surface area contributed by atoms with Crippen molar-refractivity contribution in [2.75, 3.05) is 40.1 Å². The van der Waals surface area contributed by atoms with Crippen molar-refractivity contribution in [3.63, 3.8) is 0 Å².